The number of anilines is 1. The van der Waals surface area contributed by atoms with Crippen LogP contribution in [0, 0.1) is 0 Å². The number of nitrogens with zero attached hydrogens (tertiary/aromatic N) is 2. The first-order valence-electron chi connectivity index (χ1n) is 10.3. The lowest BCUT2D eigenvalue weighted by Gasteiger charge is -2.32. The van der Waals surface area contributed by atoms with E-state index in [0.29, 0.717) is 28.8 Å². The molecule has 3 aromatic rings. The summed E-state index contributed by atoms with van der Waals surface area (Å²) in [6.07, 6.45) is 0.788. The minimum absolute atomic E-state index is 0.111. The predicted molar refractivity (Wildman–Crippen MR) is 131 cm³/mol. The number of amidine groups is 1. The number of halogens is 1. The van der Waals surface area contributed by atoms with Gasteiger partial charge in [-0.25, -0.2) is 4.99 Å². The van der Waals surface area contributed by atoms with E-state index in [0.717, 1.165) is 11.3 Å². The number of amides is 2. The Bertz CT molecular complexity index is 1110. The van der Waals surface area contributed by atoms with E-state index >= 15 is 0 Å². The van der Waals surface area contributed by atoms with Crippen molar-refractivity contribution in [1.82, 2.24) is 4.90 Å². The van der Waals surface area contributed by atoms with Crippen LogP contribution >= 0.6 is 23.4 Å². The van der Waals surface area contributed by atoms with Crippen molar-refractivity contribution in [3.8, 4) is 0 Å². The van der Waals surface area contributed by atoms with Gasteiger partial charge in [0.15, 0.2) is 5.17 Å². The Labute approximate surface area is 196 Å². The molecular formula is C25H22ClN3O2S. The average molecular weight is 464 g/mol. The molecule has 3 aromatic carbocycles. The first kappa shape index (κ1) is 22.1. The Morgan fingerprint density at radius 2 is 1.66 bits per heavy atom. The number of thioether (sulfide) groups is 1. The van der Waals surface area contributed by atoms with Gasteiger partial charge in [-0.2, -0.15) is 0 Å². The van der Waals surface area contributed by atoms with Gasteiger partial charge in [0.25, 0.3) is 0 Å². The summed E-state index contributed by atoms with van der Waals surface area (Å²) < 4.78 is 0. The third-order valence-corrected chi connectivity index (χ3v) is 6.43. The molecule has 1 atom stereocenters. The van der Waals surface area contributed by atoms with Crippen molar-refractivity contribution in [2.24, 2.45) is 4.99 Å². The van der Waals surface area contributed by atoms with Crippen molar-refractivity contribution < 1.29 is 9.59 Å². The van der Waals surface area contributed by atoms with E-state index < -0.39 is 5.25 Å². The third kappa shape index (κ3) is 5.78. The minimum atomic E-state index is -0.544. The highest BCUT2D eigenvalue weighted by Gasteiger charge is 2.35. The van der Waals surface area contributed by atoms with Gasteiger partial charge in [0, 0.05) is 23.7 Å². The summed E-state index contributed by atoms with van der Waals surface area (Å²) in [6, 6.07) is 26.3. The van der Waals surface area contributed by atoms with E-state index in [1.165, 1.54) is 11.8 Å². The topological polar surface area (TPSA) is 61.8 Å². The molecule has 0 bridgehead atoms. The second-order valence-electron chi connectivity index (χ2n) is 7.32. The Morgan fingerprint density at radius 1 is 1.00 bits per heavy atom. The lowest BCUT2D eigenvalue weighted by Crippen LogP contribution is -2.46. The summed E-state index contributed by atoms with van der Waals surface area (Å²) >= 11 is 7.30. The molecule has 0 spiro atoms. The van der Waals surface area contributed by atoms with Crippen LogP contribution < -0.4 is 5.32 Å². The number of para-hydroxylation sites is 2. The molecule has 1 fully saturated rings. The van der Waals surface area contributed by atoms with Gasteiger partial charge < -0.3 is 5.32 Å². The van der Waals surface area contributed by atoms with Crippen molar-refractivity contribution >= 4 is 51.7 Å². The van der Waals surface area contributed by atoms with Gasteiger partial charge in [-0.1, -0.05) is 71.9 Å². The van der Waals surface area contributed by atoms with Gasteiger partial charge in [-0.05, 0) is 48.4 Å². The average Bonchev–Trinajstić information content (AvgIpc) is 2.81. The van der Waals surface area contributed by atoms with Crippen LogP contribution in [0.1, 0.15) is 12.0 Å². The number of carbonyl (C=O) groups is 2. The maximum Gasteiger partial charge on any atom is 0.238 e. The van der Waals surface area contributed by atoms with Crippen molar-refractivity contribution in [3.63, 3.8) is 0 Å². The molecule has 2 amide bonds. The summed E-state index contributed by atoms with van der Waals surface area (Å²) in [5.74, 6) is -0.312. The van der Waals surface area contributed by atoms with Crippen LogP contribution in [0.3, 0.4) is 0 Å². The quantitative estimate of drug-likeness (QED) is 0.521. The van der Waals surface area contributed by atoms with E-state index in [1.54, 1.807) is 4.90 Å². The van der Waals surface area contributed by atoms with Gasteiger partial charge in [0.2, 0.25) is 11.8 Å². The molecule has 1 saturated heterocycles. The fourth-order valence-electron chi connectivity index (χ4n) is 3.31. The van der Waals surface area contributed by atoms with Gasteiger partial charge in [0.1, 0.15) is 5.25 Å². The highest BCUT2D eigenvalue weighted by molar-refractivity contribution is 8.15. The third-order valence-electron chi connectivity index (χ3n) is 4.99. The van der Waals surface area contributed by atoms with Crippen LogP contribution in [-0.2, 0) is 16.0 Å². The number of nitrogens with one attached hydrogen (secondary N) is 1. The number of hydrogen-bond acceptors (Lipinski definition) is 4. The first-order valence-corrected chi connectivity index (χ1v) is 11.6. The van der Waals surface area contributed by atoms with Crippen molar-refractivity contribution in [2.45, 2.75) is 18.1 Å². The van der Waals surface area contributed by atoms with Crippen LogP contribution in [0.5, 0.6) is 0 Å². The summed E-state index contributed by atoms with van der Waals surface area (Å²) in [5.41, 5.74) is 2.52. The molecule has 1 heterocycles. The van der Waals surface area contributed by atoms with Gasteiger partial charge in [-0.3, -0.25) is 14.5 Å². The lowest BCUT2D eigenvalue weighted by atomic mass is 10.1. The van der Waals surface area contributed by atoms with Crippen LogP contribution in [-0.4, -0.2) is 33.7 Å². The molecule has 0 radical (unpaired) electrons. The molecule has 7 heteroatoms. The molecule has 162 valence electrons. The molecule has 0 aromatic heterocycles. The van der Waals surface area contributed by atoms with Gasteiger partial charge >= 0.3 is 0 Å². The van der Waals surface area contributed by atoms with Crippen LogP contribution in [0.4, 0.5) is 11.4 Å². The van der Waals surface area contributed by atoms with Crippen molar-refractivity contribution in [1.29, 1.82) is 0 Å². The van der Waals surface area contributed by atoms with E-state index in [9.17, 15) is 9.59 Å². The van der Waals surface area contributed by atoms with Crippen LogP contribution in [0.25, 0.3) is 0 Å². The summed E-state index contributed by atoms with van der Waals surface area (Å²) in [7, 11) is 0. The molecule has 0 saturated carbocycles. The molecular weight excluding hydrogens is 442 g/mol. The number of hydrogen-bond donors (Lipinski definition) is 1. The predicted octanol–water partition coefficient (Wildman–Crippen LogP) is 5.54. The Balaban J connectivity index is 1.53. The molecule has 4 rings (SSSR count). The molecule has 1 aliphatic rings. The fourth-order valence-corrected chi connectivity index (χ4v) is 4.56. The molecule has 32 heavy (non-hydrogen) atoms. The maximum absolute atomic E-state index is 13.1. The van der Waals surface area contributed by atoms with Crippen LogP contribution in [0.15, 0.2) is 89.9 Å². The second kappa shape index (κ2) is 10.5. The standard InChI is InChI=1S/C25H22ClN3O2S/c26-19-13-11-18(12-14-19)15-16-29-23(30)17-22(24(31)27-20-7-3-1-4-8-20)32-25(29)28-21-9-5-2-6-10-21/h1-14,22H,15-17H2,(H,27,31). The zero-order valence-electron chi connectivity index (χ0n) is 17.3. The van der Waals surface area contributed by atoms with E-state index in [-0.39, 0.29) is 18.2 Å². The number of carbonyl (C=O) groups excluding carboxylic acids is 2. The first-order chi connectivity index (χ1) is 15.6. The molecule has 1 unspecified atom stereocenters. The zero-order valence-corrected chi connectivity index (χ0v) is 18.9. The molecule has 0 aliphatic carbocycles. The normalized spacial score (nSPS) is 17.4. The Morgan fingerprint density at radius 3 is 2.34 bits per heavy atom. The summed E-state index contributed by atoms with van der Waals surface area (Å²) in [6.45, 7) is 0.478. The second-order valence-corrected chi connectivity index (χ2v) is 8.92. The SMILES string of the molecule is O=C(Nc1ccccc1)C1CC(=O)N(CCc2ccc(Cl)cc2)C(=Nc2ccccc2)S1. The van der Waals surface area contributed by atoms with E-state index in [4.69, 9.17) is 16.6 Å². The van der Waals surface area contributed by atoms with E-state index in [2.05, 4.69) is 5.32 Å². The summed E-state index contributed by atoms with van der Waals surface area (Å²) in [4.78, 5) is 32.3. The fraction of sp³-hybridized carbons (Fsp3) is 0.160. The highest BCUT2D eigenvalue weighted by atomic mass is 35.5. The van der Waals surface area contributed by atoms with Crippen LogP contribution in [0.2, 0.25) is 5.02 Å². The van der Waals surface area contributed by atoms with E-state index in [1.807, 2.05) is 84.9 Å². The Hall–Kier alpha value is -3.09. The molecule has 1 N–H and O–H groups in total. The van der Waals surface area contributed by atoms with Gasteiger partial charge in [0.05, 0.1) is 5.69 Å². The number of benzene rings is 3. The largest absolute Gasteiger partial charge is 0.325 e. The van der Waals surface area contributed by atoms with Crippen molar-refractivity contribution in [2.75, 3.05) is 11.9 Å². The molecule has 5 nitrogen and oxygen atoms in total. The Kier molecular flexibility index (Phi) is 7.24. The van der Waals surface area contributed by atoms with Gasteiger partial charge in [-0.15, -0.1) is 0 Å². The zero-order chi connectivity index (χ0) is 22.3. The highest BCUT2D eigenvalue weighted by Crippen LogP contribution is 2.30. The van der Waals surface area contributed by atoms with Crippen molar-refractivity contribution in [3.05, 3.63) is 95.5 Å². The number of aliphatic imine (C=N–C) groups is 1. The summed E-state index contributed by atoms with van der Waals surface area (Å²) in [5, 5.41) is 3.57. The lowest BCUT2D eigenvalue weighted by molar-refractivity contribution is -0.129. The monoisotopic (exact) mass is 463 g/mol. The maximum atomic E-state index is 13.1. The molecule has 1 aliphatic heterocycles. The minimum Gasteiger partial charge on any atom is -0.325 e. The smallest absolute Gasteiger partial charge is 0.238 e. The number of rotatable bonds is 6.